The zero-order chi connectivity index (χ0) is 23.8. The molecular weight excluding hydrogens is 544 g/mol. The minimum atomic E-state index is -0.261. The summed E-state index contributed by atoms with van der Waals surface area (Å²) in [4.78, 5) is 20.0. The standard InChI is InChI=1S/C22H26BrClN6O3S/c23-17-8-15(19-21(25)26-11-27-30(17)19)29-7-1-2-12(10-29)28-22(32)20-16(9-18(24)34-20)33-14-5-3-13(31)4-6-14/h8-9,11-14,31H,1-7,10H2,(H,28,32)(H2,25,26,27)/t12-,13?,14?/m1/s1. The SMILES string of the molecule is Nc1ncnn2c(Br)cc(N3CCC[C@@H](NC(=O)c4sc(Cl)cc4OC4CCC(O)CC4)C3)c12. The Balaban J connectivity index is 1.29. The molecule has 12 heteroatoms. The molecule has 1 amide bonds. The molecule has 0 bridgehead atoms. The zero-order valence-corrected chi connectivity index (χ0v) is 21.6. The number of ether oxygens (including phenoxy) is 1. The first-order valence-electron chi connectivity index (χ1n) is 11.4. The molecule has 182 valence electrons. The second-order valence-corrected chi connectivity index (χ2v) is 11.3. The number of hydrogen-bond acceptors (Lipinski definition) is 8. The van der Waals surface area contributed by atoms with E-state index in [1.54, 1.807) is 10.6 Å². The molecule has 2 fully saturated rings. The number of nitrogens with zero attached hydrogens (tertiary/aromatic N) is 4. The topological polar surface area (TPSA) is 118 Å². The smallest absolute Gasteiger partial charge is 0.265 e. The third kappa shape index (κ3) is 4.84. The van der Waals surface area contributed by atoms with E-state index in [1.165, 1.54) is 17.7 Å². The molecular formula is C22H26BrClN6O3S. The second kappa shape index (κ2) is 9.88. The maximum absolute atomic E-state index is 13.2. The average molecular weight is 570 g/mol. The van der Waals surface area contributed by atoms with Crippen molar-refractivity contribution in [3.8, 4) is 5.75 Å². The van der Waals surface area contributed by atoms with Gasteiger partial charge in [-0.15, -0.1) is 11.3 Å². The van der Waals surface area contributed by atoms with Gasteiger partial charge in [-0.1, -0.05) is 11.6 Å². The fraction of sp³-hybridized carbons (Fsp3) is 0.500. The van der Waals surface area contributed by atoms with Crippen LogP contribution in [0.4, 0.5) is 11.5 Å². The van der Waals surface area contributed by atoms with Crippen LogP contribution in [-0.4, -0.2) is 57.0 Å². The number of nitrogens with one attached hydrogen (secondary N) is 1. The van der Waals surface area contributed by atoms with Crippen molar-refractivity contribution in [1.82, 2.24) is 19.9 Å². The van der Waals surface area contributed by atoms with E-state index in [0.717, 1.165) is 48.0 Å². The van der Waals surface area contributed by atoms with E-state index in [9.17, 15) is 9.90 Å². The minimum Gasteiger partial charge on any atom is -0.489 e. The van der Waals surface area contributed by atoms with E-state index in [0.29, 0.717) is 40.2 Å². The normalized spacial score (nSPS) is 23.3. The Morgan fingerprint density at radius 3 is 2.88 bits per heavy atom. The number of fused-ring (bicyclic) bond motifs is 1. The van der Waals surface area contributed by atoms with Gasteiger partial charge in [0.2, 0.25) is 0 Å². The quantitative estimate of drug-likeness (QED) is 0.427. The number of nitrogens with two attached hydrogens (primary N) is 1. The van der Waals surface area contributed by atoms with Gasteiger partial charge in [-0.3, -0.25) is 4.79 Å². The lowest BCUT2D eigenvalue weighted by Crippen LogP contribution is -2.47. The van der Waals surface area contributed by atoms with Gasteiger partial charge in [-0.25, -0.2) is 9.50 Å². The number of aliphatic hydroxyl groups is 1. The highest BCUT2D eigenvalue weighted by Gasteiger charge is 2.28. The average Bonchev–Trinajstić information content (AvgIpc) is 3.36. The van der Waals surface area contributed by atoms with Gasteiger partial charge in [0.25, 0.3) is 5.91 Å². The molecule has 34 heavy (non-hydrogen) atoms. The summed E-state index contributed by atoms with van der Waals surface area (Å²) in [6.07, 6.45) is 5.90. The van der Waals surface area contributed by atoms with Crippen molar-refractivity contribution < 1.29 is 14.6 Å². The molecule has 1 saturated heterocycles. The van der Waals surface area contributed by atoms with E-state index in [1.807, 2.05) is 6.07 Å². The van der Waals surface area contributed by atoms with Crippen LogP contribution < -0.4 is 20.7 Å². The Morgan fingerprint density at radius 2 is 2.09 bits per heavy atom. The maximum Gasteiger partial charge on any atom is 0.265 e. The molecule has 1 aliphatic heterocycles. The molecule has 1 saturated carbocycles. The molecule has 3 aromatic heterocycles. The van der Waals surface area contributed by atoms with Crippen LogP contribution in [0.3, 0.4) is 0 Å². The lowest BCUT2D eigenvalue weighted by molar-refractivity contribution is 0.0657. The number of piperidine rings is 1. The van der Waals surface area contributed by atoms with Crippen molar-refractivity contribution in [2.75, 3.05) is 23.7 Å². The number of rotatable bonds is 5. The molecule has 4 heterocycles. The van der Waals surface area contributed by atoms with Gasteiger partial charge in [-0.05, 0) is 60.5 Å². The molecule has 1 atom stereocenters. The first-order valence-corrected chi connectivity index (χ1v) is 13.4. The zero-order valence-electron chi connectivity index (χ0n) is 18.4. The summed E-state index contributed by atoms with van der Waals surface area (Å²) in [7, 11) is 0. The third-order valence-corrected chi connectivity index (χ3v) is 8.24. The fourth-order valence-electron chi connectivity index (χ4n) is 4.75. The summed E-state index contributed by atoms with van der Waals surface area (Å²) in [6, 6.07) is 3.66. The van der Waals surface area contributed by atoms with Crippen LogP contribution >= 0.6 is 38.9 Å². The number of thiophene rings is 1. The Labute approximate surface area is 214 Å². The Kier molecular flexibility index (Phi) is 6.88. The predicted octanol–water partition coefficient (Wildman–Crippen LogP) is 3.87. The van der Waals surface area contributed by atoms with Crippen LogP contribution in [0.1, 0.15) is 48.2 Å². The van der Waals surface area contributed by atoms with Gasteiger partial charge in [0, 0.05) is 25.2 Å². The van der Waals surface area contributed by atoms with E-state index in [2.05, 4.69) is 36.2 Å². The summed E-state index contributed by atoms with van der Waals surface area (Å²) in [5.74, 6) is 0.751. The van der Waals surface area contributed by atoms with Crippen LogP contribution in [0, 0.1) is 0 Å². The van der Waals surface area contributed by atoms with Crippen LogP contribution in [0.25, 0.3) is 5.52 Å². The molecule has 0 unspecified atom stereocenters. The predicted molar refractivity (Wildman–Crippen MR) is 136 cm³/mol. The number of aromatic nitrogens is 3. The molecule has 5 rings (SSSR count). The minimum absolute atomic E-state index is 0.0139. The molecule has 1 aliphatic carbocycles. The van der Waals surface area contributed by atoms with Gasteiger partial charge in [0.15, 0.2) is 5.82 Å². The Hall–Kier alpha value is -2.08. The number of anilines is 2. The second-order valence-electron chi connectivity index (χ2n) is 8.81. The number of hydrogen-bond donors (Lipinski definition) is 3. The molecule has 0 spiro atoms. The lowest BCUT2D eigenvalue weighted by atomic mass is 9.95. The van der Waals surface area contributed by atoms with E-state index < -0.39 is 0 Å². The van der Waals surface area contributed by atoms with E-state index in [4.69, 9.17) is 22.1 Å². The van der Waals surface area contributed by atoms with Crippen LogP contribution in [0.5, 0.6) is 5.75 Å². The maximum atomic E-state index is 13.2. The van der Waals surface area contributed by atoms with Crippen LogP contribution in [0.2, 0.25) is 4.34 Å². The summed E-state index contributed by atoms with van der Waals surface area (Å²) < 4.78 is 9.16. The van der Waals surface area contributed by atoms with Gasteiger partial charge in [-0.2, -0.15) is 5.10 Å². The van der Waals surface area contributed by atoms with Crippen molar-refractivity contribution in [3.05, 3.63) is 32.3 Å². The molecule has 2 aliphatic rings. The van der Waals surface area contributed by atoms with E-state index >= 15 is 0 Å². The van der Waals surface area contributed by atoms with Crippen LogP contribution in [-0.2, 0) is 0 Å². The third-order valence-electron chi connectivity index (χ3n) is 6.43. The number of amides is 1. The molecule has 3 aromatic rings. The highest BCUT2D eigenvalue weighted by atomic mass is 79.9. The summed E-state index contributed by atoms with van der Waals surface area (Å²) >= 11 is 11.0. The van der Waals surface area contributed by atoms with Gasteiger partial charge >= 0.3 is 0 Å². The van der Waals surface area contributed by atoms with Crippen molar-refractivity contribution in [3.63, 3.8) is 0 Å². The number of carbonyl (C=O) groups is 1. The molecule has 9 nitrogen and oxygen atoms in total. The molecule has 0 aromatic carbocycles. The largest absolute Gasteiger partial charge is 0.489 e. The van der Waals surface area contributed by atoms with Crippen LogP contribution in [0.15, 0.2) is 23.1 Å². The van der Waals surface area contributed by atoms with Crippen molar-refractivity contribution in [2.24, 2.45) is 0 Å². The highest BCUT2D eigenvalue weighted by molar-refractivity contribution is 9.10. The lowest BCUT2D eigenvalue weighted by Gasteiger charge is -2.34. The fourth-order valence-corrected chi connectivity index (χ4v) is 6.29. The first-order chi connectivity index (χ1) is 16.4. The summed E-state index contributed by atoms with van der Waals surface area (Å²) in [5.41, 5.74) is 7.83. The van der Waals surface area contributed by atoms with Gasteiger partial charge in [0.05, 0.1) is 22.2 Å². The van der Waals surface area contributed by atoms with Crippen molar-refractivity contribution in [2.45, 2.75) is 56.8 Å². The number of carbonyl (C=O) groups excluding carboxylic acids is 1. The summed E-state index contributed by atoms with van der Waals surface area (Å²) in [6.45, 7) is 1.49. The highest BCUT2D eigenvalue weighted by Crippen LogP contribution is 2.36. The van der Waals surface area contributed by atoms with E-state index in [-0.39, 0.29) is 24.2 Å². The monoisotopic (exact) mass is 568 g/mol. The van der Waals surface area contributed by atoms with Gasteiger partial charge < -0.3 is 25.8 Å². The number of nitrogen functional groups attached to an aromatic ring is 1. The molecule has 4 N–H and O–H groups in total. The Bertz CT molecular complexity index is 1190. The van der Waals surface area contributed by atoms with Crippen molar-refractivity contribution >= 4 is 61.8 Å². The van der Waals surface area contributed by atoms with Crippen molar-refractivity contribution in [1.29, 1.82) is 0 Å². The molecule has 0 radical (unpaired) electrons. The summed E-state index contributed by atoms with van der Waals surface area (Å²) in [5, 5.41) is 17.2. The number of aliphatic hydroxyl groups excluding tert-OH is 1. The first kappa shape index (κ1) is 23.7. The number of halogens is 2. The van der Waals surface area contributed by atoms with Gasteiger partial charge in [0.1, 0.15) is 27.1 Å². The Morgan fingerprint density at radius 1 is 1.29 bits per heavy atom.